The number of likely N-dealkylation sites (N-methyl/N-ethyl adjacent to an activating group) is 1. The van der Waals surface area contributed by atoms with Crippen molar-refractivity contribution in [3.63, 3.8) is 0 Å². The van der Waals surface area contributed by atoms with E-state index in [0.29, 0.717) is 12.4 Å². The fourth-order valence-electron chi connectivity index (χ4n) is 2.07. The third kappa shape index (κ3) is 6.28. The number of halogens is 1. The van der Waals surface area contributed by atoms with Gasteiger partial charge in [0, 0.05) is 24.7 Å². The van der Waals surface area contributed by atoms with Crippen molar-refractivity contribution in [1.29, 1.82) is 0 Å². The van der Waals surface area contributed by atoms with E-state index in [1.54, 1.807) is 13.3 Å². The molecule has 1 aromatic carbocycles. The quantitative estimate of drug-likeness (QED) is 0.385. The first-order valence-corrected chi connectivity index (χ1v) is 8.45. The van der Waals surface area contributed by atoms with Gasteiger partial charge in [-0.1, -0.05) is 17.7 Å². The zero-order valence-electron chi connectivity index (χ0n) is 16.5. The molecule has 0 unspecified atom stereocenters. The largest absolute Gasteiger partial charge is 0.444 e. The molecule has 2 rings (SSSR count). The molecule has 0 spiro atoms. The minimum atomic E-state index is 0. The molecule has 0 saturated carbocycles. The third-order valence-corrected chi connectivity index (χ3v) is 4.41. The van der Waals surface area contributed by atoms with E-state index in [0.717, 1.165) is 23.8 Å². The molecule has 0 aliphatic heterocycles. The van der Waals surface area contributed by atoms with Crippen LogP contribution in [0.15, 0.2) is 39.9 Å². The normalized spacial score (nSPS) is 12.0. The number of oxazole rings is 1. The van der Waals surface area contributed by atoms with Crippen molar-refractivity contribution >= 4 is 29.9 Å². The van der Waals surface area contributed by atoms with Gasteiger partial charge in [0.2, 0.25) is 5.89 Å². The van der Waals surface area contributed by atoms with Crippen LogP contribution in [0, 0.1) is 6.92 Å². The summed E-state index contributed by atoms with van der Waals surface area (Å²) >= 11 is 0. The summed E-state index contributed by atoms with van der Waals surface area (Å²) in [5, 5.41) is 6.61. The molecule has 6 nitrogen and oxygen atoms in total. The number of hydrogen-bond acceptors (Lipinski definition) is 4. The molecule has 0 radical (unpaired) electrons. The molecule has 0 saturated heterocycles. The number of nitrogens with zero attached hydrogens (tertiary/aromatic N) is 3. The average molecular weight is 471 g/mol. The van der Waals surface area contributed by atoms with E-state index in [1.807, 2.05) is 12.1 Å². The number of rotatable bonds is 6. The summed E-state index contributed by atoms with van der Waals surface area (Å²) in [4.78, 5) is 11.0. The van der Waals surface area contributed by atoms with Gasteiger partial charge in [-0.15, -0.1) is 24.0 Å². The van der Waals surface area contributed by atoms with Gasteiger partial charge >= 0.3 is 0 Å². The highest BCUT2D eigenvalue weighted by molar-refractivity contribution is 14.0. The molecule has 0 fully saturated rings. The molecule has 1 aromatic heterocycles. The maximum Gasteiger partial charge on any atom is 0.226 e. The smallest absolute Gasteiger partial charge is 0.226 e. The highest BCUT2D eigenvalue weighted by atomic mass is 127. The van der Waals surface area contributed by atoms with Crippen molar-refractivity contribution in [3.05, 3.63) is 41.8 Å². The second-order valence-electron chi connectivity index (χ2n) is 7.00. The van der Waals surface area contributed by atoms with Crippen LogP contribution in [0.1, 0.15) is 25.1 Å². The van der Waals surface area contributed by atoms with E-state index >= 15 is 0 Å². The molecule has 0 aliphatic rings. The van der Waals surface area contributed by atoms with Crippen molar-refractivity contribution in [1.82, 2.24) is 20.5 Å². The first-order chi connectivity index (χ1) is 11.8. The molecule has 2 aromatic rings. The summed E-state index contributed by atoms with van der Waals surface area (Å²) in [6, 6.07) is 8.13. The number of benzene rings is 1. The lowest BCUT2D eigenvalue weighted by Gasteiger charge is -2.33. The SMILES string of the molecule is CN=C(NCc1coc(-c2ccc(C)cc2)n1)NCC(C)(C)N(C)C.I. The van der Waals surface area contributed by atoms with Crippen molar-refractivity contribution in [3.8, 4) is 11.5 Å². The first-order valence-electron chi connectivity index (χ1n) is 8.45. The van der Waals surface area contributed by atoms with Crippen molar-refractivity contribution < 1.29 is 4.42 Å². The van der Waals surface area contributed by atoms with Crippen LogP contribution in [0.5, 0.6) is 0 Å². The van der Waals surface area contributed by atoms with Crippen LogP contribution in [0.25, 0.3) is 11.5 Å². The van der Waals surface area contributed by atoms with Crippen molar-refractivity contribution in [2.45, 2.75) is 32.9 Å². The van der Waals surface area contributed by atoms with E-state index < -0.39 is 0 Å². The second-order valence-corrected chi connectivity index (χ2v) is 7.00. The van der Waals surface area contributed by atoms with Crippen LogP contribution in [0.3, 0.4) is 0 Å². The minimum Gasteiger partial charge on any atom is -0.444 e. The number of aliphatic imine (C=N–C) groups is 1. The predicted octanol–water partition coefficient (Wildman–Crippen LogP) is 3.27. The molecule has 0 aliphatic carbocycles. The summed E-state index contributed by atoms with van der Waals surface area (Å²) in [6.07, 6.45) is 1.68. The number of guanidine groups is 1. The van der Waals surface area contributed by atoms with E-state index in [2.05, 4.69) is 72.5 Å². The molecule has 1 heterocycles. The highest BCUT2D eigenvalue weighted by Gasteiger charge is 2.20. The van der Waals surface area contributed by atoms with E-state index in [9.17, 15) is 0 Å². The molecular formula is C19H30IN5O. The zero-order valence-corrected chi connectivity index (χ0v) is 18.8. The number of hydrogen-bond donors (Lipinski definition) is 2. The lowest BCUT2D eigenvalue weighted by atomic mass is 10.0. The Balaban J connectivity index is 0.00000338. The molecule has 2 N–H and O–H groups in total. The van der Waals surface area contributed by atoms with Gasteiger partial charge < -0.3 is 20.0 Å². The van der Waals surface area contributed by atoms with Gasteiger partial charge in [0.05, 0.1) is 12.2 Å². The van der Waals surface area contributed by atoms with Crippen LogP contribution in [0.2, 0.25) is 0 Å². The van der Waals surface area contributed by atoms with Crippen LogP contribution in [0.4, 0.5) is 0 Å². The van der Waals surface area contributed by atoms with Crippen molar-refractivity contribution in [2.24, 2.45) is 4.99 Å². The van der Waals surface area contributed by atoms with Gasteiger partial charge in [-0.2, -0.15) is 0 Å². The van der Waals surface area contributed by atoms with Crippen LogP contribution >= 0.6 is 24.0 Å². The maximum atomic E-state index is 5.58. The van der Waals surface area contributed by atoms with Gasteiger partial charge in [-0.25, -0.2) is 4.98 Å². The Morgan fingerprint density at radius 2 is 1.85 bits per heavy atom. The highest BCUT2D eigenvalue weighted by Crippen LogP contribution is 2.19. The Bertz CT molecular complexity index is 707. The second kappa shape index (κ2) is 9.91. The predicted molar refractivity (Wildman–Crippen MR) is 118 cm³/mol. The molecule has 144 valence electrons. The fourth-order valence-corrected chi connectivity index (χ4v) is 2.07. The number of aromatic nitrogens is 1. The van der Waals surface area contributed by atoms with E-state index in [4.69, 9.17) is 4.42 Å². The van der Waals surface area contributed by atoms with Gasteiger partial charge in [-0.05, 0) is 47.0 Å². The Labute approximate surface area is 173 Å². The molecule has 0 bridgehead atoms. The van der Waals surface area contributed by atoms with Gasteiger partial charge in [0.25, 0.3) is 0 Å². The van der Waals surface area contributed by atoms with Gasteiger partial charge in [0.1, 0.15) is 6.26 Å². The number of nitrogens with one attached hydrogen (secondary N) is 2. The molecule has 0 amide bonds. The van der Waals surface area contributed by atoms with Crippen LogP contribution in [-0.4, -0.2) is 49.1 Å². The Morgan fingerprint density at radius 1 is 1.19 bits per heavy atom. The van der Waals surface area contributed by atoms with E-state index in [1.165, 1.54) is 5.56 Å². The molecular weight excluding hydrogens is 441 g/mol. The summed E-state index contributed by atoms with van der Waals surface area (Å²) in [7, 11) is 5.90. The topological polar surface area (TPSA) is 65.7 Å². The van der Waals surface area contributed by atoms with Crippen LogP contribution in [-0.2, 0) is 6.54 Å². The average Bonchev–Trinajstić information content (AvgIpc) is 3.04. The fraction of sp³-hybridized carbons (Fsp3) is 0.474. The number of aryl methyl sites for hydroxylation is 1. The monoisotopic (exact) mass is 471 g/mol. The van der Waals surface area contributed by atoms with Gasteiger partial charge in [0.15, 0.2) is 5.96 Å². The first kappa shape index (κ1) is 22.4. The Morgan fingerprint density at radius 3 is 2.42 bits per heavy atom. The van der Waals surface area contributed by atoms with Gasteiger partial charge in [-0.3, -0.25) is 4.99 Å². The third-order valence-electron chi connectivity index (χ3n) is 4.41. The van der Waals surface area contributed by atoms with E-state index in [-0.39, 0.29) is 29.5 Å². The van der Waals surface area contributed by atoms with Crippen LogP contribution < -0.4 is 10.6 Å². The zero-order chi connectivity index (χ0) is 18.4. The molecule has 26 heavy (non-hydrogen) atoms. The Hall–Kier alpha value is -1.61. The Kier molecular flexibility index (Phi) is 8.55. The molecule has 7 heteroatoms. The lowest BCUT2D eigenvalue weighted by Crippen LogP contribution is -2.50. The molecule has 0 atom stereocenters. The minimum absolute atomic E-state index is 0. The maximum absolute atomic E-state index is 5.58. The summed E-state index contributed by atoms with van der Waals surface area (Å²) in [5.41, 5.74) is 3.06. The summed E-state index contributed by atoms with van der Waals surface area (Å²) in [6.45, 7) is 7.76. The standard InChI is InChI=1S/C19H29N5O.HI/c1-14-7-9-15(10-8-14)17-23-16(12-25-17)11-21-18(20-4)22-13-19(2,3)24(5)6;/h7-10,12H,11,13H2,1-6H3,(H2,20,21,22);1H. The van der Waals surface area contributed by atoms with Crippen molar-refractivity contribution in [2.75, 3.05) is 27.7 Å². The summed E-state index contributed by atoms with van der Waals surface area (Å²) in [5.74, 6) is 1.38. The summed E-state index contributed by atoms with van der Waals surface area (Å²) < 4.78 is 5.58. The lowest BCUT2D eigenvalue weighted by molar-refractivity contribution is 0.197.